The lowest BCUT2D eigenvalue weighted by Crippen LogP contribution is -2.22. The molecule has 1 aliphatic rings. The highest BCUT2D eigenvalue weighted by Crippen LogP contribution is 2.61. The molecule has 106 valence electrons. The van der Waals surface area contributed by atoms with E-state index in [1.165, 1.54) is 6.07 Å². The number of aliphatic carboxylic acids is 1. The number of rotatable bonds is 4. The molecule has 1 saturated carbocycles. The Kier molecular flexibility index (Phi) is 3.01. The number of benzene rings is 2. The van der Waals surface area contributed by atoms with Gasteiger partial charge in [0, 0.05) is 5.92 Å². The molecule has 2 aromatic carbocycles. The fraction of sp³-hybridized carbons (Fsp3) is 0.176. The van der Waals surface area contributed by atoms with E-state index in [1.54, 1.807) is 42.5 Å². The van der Waals surface area contributed by atoms with Gasteiger partial charge in [-0.3, -0.25) is 4.79 Å². The molecule has 0 unspecified atom stereocenters. The van der Waals surface area contributed by atoms with E-state index in [4.69, 9.17) is 0 Å². The van der Waals surface area contributed by atoms with Crippen molar-refractivity contribution in [3.8, 4) is 0 Å². The second-order valence-electron chi connectivity index (χ2n) is 5.29. The van der Waals surface area contributed by atoms with E-state index in [1.807, 2.05) is 6.07 Å². The Hall–Kier alpha value is -2.62. The van der Waals surface area contributed by atoms with Gasteiger partial charge in [-0.15, -0.1) is 0 Å². The average molecular weight is 282 g/mol. The van der Waals surface area contributed by atoms with Crippen molar-refractivity contribution >= 4 is 11.9 Å². The summed E-state index contributed by atoms with van der Waals surface area (Å²) in [5, 5.41) is 18.9. The maximum absolute atomic E-state index is 11.8. The van der Waals surface area contributed by atoms with Crippen molar-refractivity contribution in [2.24, 2.45) is 0 Å². The molecule has 0 heterocycles. The van der Waals surface area contributed by atoms with Crippen LogP contribution in [0.3, 0.4) is 0 Å². The first-order chi connectivity index (χ1) is 10.1. The van der Waals surface area contributed by atoms with E-state index in [2.05, 4.69) is 0 Å². The van der Waals surface area contributed by atoms with Crippen molar-refractivity contribution in [3.05, 3.63) is 71.3 Å². The van der Waals surface area contributed by atoms with Crippen LogP contribution in [-0.4, -0.2) is 22.2 Å². The Morgan fingerprint density at radius 2 is 1.57 bits per heavy atom. The van der Waals surface area contributed by atoms with Crippen molar-refractivity contribution in [1.82, 2.24) is 0 Å². The van der Waals surface area contributed by atoms with Crippen LogP contribution < -0.4 is 0 Å². The molecule has 21 heavy (non-hydrogen) atoms. The molecule has 0 aliphatic heterocycles. The third-order valence-electron chi connectivity index (χ3n) is 4.20. The van der Waals surface area contributed by atoms with Crippen LogP contribution in [0.25, 0.3) is 0 Å². The highest BCUT2D eigenvalue weighted by molar-refractivity contribution is 5.93. The van der Waals surface area contributed by atoms with E-state index in [0.717, 1.165) is 5.56 Å². The fourth-order valence-electron chi connectivity index (χ4n) is 3.05. The van der Waals surface area contributed by atoms with Gasteiger partial charge in [0.15, 0.2) is 0 Å². The summed E-state index contributed by atoms with van der Waals surface area (Å²) in [6.45, 7) is 0. The van der Waals surface area contributed by atoms with E-state index in [0.29, 0.717) is 12.0 Å². The molecule has 0 amide bonds. The van der Waals surface area contributed by atoms with Crippen LogP contribution in [0.15, 0.2) is 54.6 Å². The lowest BCUT2D eigenvalue weighted by Gasteiger charge is -2.14. The predicted molar refractivity (Wildman–Crippen MR) is 76.5 cm³/mol. The van der Waals surface area contributed by atoms with Gasteiger partial charge in [0.25, 0.3) is 0 Å². The van der Waals surface area contributed by atoms with Crippen LogP contribution in [0.1, 0.15) is 33.8 Å². The van der Waals surface area contributed by atoms with E-state index < -0.39 is 17.4 Å². The Balaban J connectivity index is 2.07. The van der Waals surface area contributed by atoms with Crippen molar-refractivity contribution in [1.29, 1.82) is 0 Å². The molecule has 2 N–H and O–H groups in total. The summed E-state index contributed by atoms with van der Waals surface area (Å²) in [6.07, 6.45) is 0.427. The normalized spacial score (nSPS) is 23.5. The number of carboxylic acids is 2. The van der Waals surface area contributed by atoms with Crippen LogP contribution >= 0.6 is 0 Å². The minimum absolute atomic E-state index is 0.182. The van der Waals surface area contributed by atoms with Crippen LogP contribution in [0, 0.1) is 0 Å². The molecule has 0 saturated heterocycles. The lowest BCUT2D eigenvalue weighted by molar-refractivity contribution is -0.140. The molecule has 4 heteroatoms. The number of aromatic carboxylic acids is 1. The molecular formula is C17H14O4. The number of carbonyl (C=O) groups is 2. The van der Waals surface area contributed by atoms with Crippen molar-refractivity contribution in [3.63, 3.8) is 0 Å². The largest absolute Gasteiger partial charge is 0.481 e. The maximum atomic E-state index is 11.8. The zero-order valence-corrected chi connectivity index (χ0v) is 11.2. The molecule has 2 aromatic rings. The predicted octanol–water partition coefficient (Wildman–Crippen LogP) is 2.89. The molecule has 0 radical (unpaired) electrons. The van der Waals surface area contributed by atoms with Gasteiger partial charge in [0.1, 0.15) is 5.41 Å². The average Bonchev–Trinajstić information content (AvgIpc) is 3.25. The maximum Gasteiger partial charge on any atom is 0.335 e. The van der Waals surface area contributed by atoms with Crippen molar-refractivity contribution in [2.45, 2.75) is 17.8 Å². The molecule has 0 bridgehead atoms. The van der Waals surface area contributed by atoms with Crippen LogP contribution in [0.2, 0.25) is 0 Å². The summed E-state index contributed by atoms with van der Waals surface area (Å²) in [7, 11) is 0. The summed E-state index contributed by atoms with van der Waals surface area (Å²) in [5.41, 5.74) is 0.493. The second kappa shape index (κ2) is 4.74. The van der Waals surface area contributed by atoms with Crippen LogP contribution in [-0.2, 0) is 10.2 Å². The topological polar surface area (TPSA) is 74.6 Å². The molecule has 0 spiro atoms. The molecule has 3 rings (SSSR count). The van der Waals surface area contributed by atoms with Gasteiger partial charge in [-0.05, 0) is 23.6 Å². The summed E-state index contributed by atoms with van der Waals surface area (Å²) in [5.74, 6) is -2.23. The van der Waals surface area contributed by atoms with E-state index >= 15 is 0 Å². The Morgan fingerprint density at radius 1 is 0.952 bits per heavy atom. The van der Waals surface area contributed by atoms with Crippen molar-refractivity contribution < 1.29 is 19.8 Å². The van der Waals surface area contributed by atoms with E-state index in [-0.39, 0.29) is 11.5 Å². The summed E-state index contributed by atoms with van der Waals surface area (Å²) < 4.78 is 0. The monoisotopic (exact) mass is 282 g/mol. The summed E-state index contributed by atoms with van der Waals surface area (Å²) >= 11 is 0. The molecule has 0 aromatic heterocycles. The first kappa shape index (κ1) is 13.4. The van der Waals surface area contributed by atoms with Gasteiger partial charge >= 0.3 is 11.9 Å². The van der Waals surface area contributed by atoms with Gasteiger partial charge in [0.2, 0.25) is 0 Å². The number of hydrogen-bond acceptors (Lipinski definition) is 2. The zero-order valence-electron chi connectivity index (χ0n) is 11.2. The molecule has 1 aliphatic carbocycles. The molecule has 2 atom stereocenters. The molecular weight excluding hydrogens is 268 g/mol. The van der Waals surface area contributed by atoms with Gasteiger partial charge < -0.3 is 10.2 Å². The Labute approximate surface area is 121 Å². The summed E-state index contributed by atoms with van der Waals surface area (Å²) in [6, 6.07) is 15.7. The third kappa shape index (κ3) is 2.00. The third-order valence-corrected chi connectivity index (χ3v) is 4.20. The van der Waals surface area contributed by atoms with Crippen LogP contribution in [0.5, 0.6) is 0 Å². The van der Waals surface area contributed by atoms with Gasteiger partial charge in [-0.2, -0.15) is 0 Å². The summed E-state index contributed by atoms with van der Waals surface area (Å²) in [4.78, 5) is 23.1. The minimum atomic E-state index is -1.02. The fourth-order valence-corrected chi connectivity index (χ4v) is 3.05. The second-order valence-corrected chi connectivity index (χ2v) is 5.29. The Bertz CT molecular complexity index is 708. The Morgan fingerprint density at radius 3 is 2.19 bits per heavy atom. The standard InChI is InChI=1S/C17H14O4/c18-15(19)13-9-5-4-8-12(13)14-10-17(14,16(20)21)11-6-2-1-3-7-11/h1-9,14H,10H2,(H,18,19)(H,20,21)/t14-,17+/m0/s1. The molecule has 4 nitrogen and oxygen atoms in total. The minimum Gasteiger partial charge on any atom is -0.481 e. The van der Waals surface area contributed by atoms with Gasteiger partial charge in [0.05, 0.1) is 5.56 Å². The highest BCUT2D eigenvalue weighted by Gasteiger charge is 2.62. The first-order valence-electron chi connectivity index (χ1n) is 6.68. The van der Waals surface area contributed by atoms with E-state index in [9.17, 15) is 19.8 Å². The smallest absolute Gasteiger partial charge is 0.335 e. The lowest BCUT2D eigenvalue weighted by atomic mass is 9.89. The molecule has 1 fully saturated rings. The van der Waals surface area contributed by atoms with Crippen LogP contribution in [0.4, 0.5) is 0 Å². The van der Waals surface area contributed by atoms with Gasteiger partial charge in [-0.25, -0.2) is 4.79 Å². The SMILES string of the molecule is O=C(O)c1ccccc1[C@@H]1C[C@@]1(C(=O)O)c1ccccc1. The number of carboxylic acid groups (broad SMARTS) is 2. The quantitative estimate of drug-likeness (QED) is 0.904. The highest BCUT2D eigenvalue weighted by atomic mass is 16.4. The van der Waals surface area contributed by atoms with Crippen molar-refractivity contribution in [2.75, 3.05) is 0 Å². The first-order valence-corrected chi connectivity index (χ1v) is 6.68. The van der Waals surface area contributed by atoms with Gasteiger partial charge in [-0.1, -0.05) is 48.5 Å². The zero-order chi connectivity index (χ0) is 15.0. The number of hydrogen-bond donors (Lipinski definition) is 2.